The van der Waals surface area contributed by atoms with Gasteiger partial charge in [-0.15, -0.1) is 11.3 Å². The van der Waals surface area contributed by atoms with Crippen molar-refractivity contribution < 1.29 is 9.90 Å². The topological polar surface area (TPSA) is 62.2 Å². The second-order valence-corrected chi connectivity index (χ2v) is 5.33. The van der Waals surface area contributed by atoms with E-state index in [4.69, 9.17) is 5.11 Å². The number of hydrogen-bond donors (Lipinski definition) is 2. The lowest BCUT2D eigenvalue weighted by atomic mass is 10.0. The van der Waals surface area contributed by atoms with Gasteiger partial charge in [0.2, 0.25) is 0 Å². The largest absolute Gasteiger partial charge is 0.478 e. The fraction of sp³-hybridized carbons (Fsp3) is 0.231. The van der Waals surface area contributed by atoms with Crippen molar-refractivity contribution in [2.75, 3.05) is 5.32 Å². The molecule has 0 spiro atoms. The molecule has 5 heteroatoms. The normalized spacial score (nSPS) is 11.2. The number of aromatic carboxylic acids is 1. The van der Waals surface area contributed by atoms with Gasteiger partial charge in [0, 0.05) is 17.3 Å². The van der Waals surface area contributed by atoms with Gasteiger partial charge < -0.3 is 10.4 Å². The van der Waals surface area contributed by atoms with E-state index in [1.807, 2.05) is 25.3 Å². The second-order valence-electron chi connectivity index (χ2n) is 4.44. The van der Waals surface area contributed by atoms with Crippen LogP contribution < -0.4 is 5.32 Å². The maximum absolute atomic E-state index is 11.1. The van der Waals surface area contributed by atoms with E-state index in [0.717, 1.165) is 5.01 Å². The summed E-state index contributed by atoms with van der Waals surface area (Å²) in [6.07, 6.45) is 1.74. The minimum absolute atomic E-state index is 0.266. The van der Waals surface area contributed by atoms with Crippen molar-refractivity contribution in [1.29, 1.82) is 0 Å². The Morgan fingerprint density at radius 3 is 2.72 bits per heavy atom. The maximum atomic E-state index is 11.1. The third-order valence-corrected chi connectivity index (χ3v) is 3.67. The number of thiazole rings is 1. The lowest BCUT2D eigenvalue weighted by Gasteiger charge is -2.26. The Morgan fingerprint density at radius 2 is 2.11 bits per heavy atom. The molecule has 0 fully saturated rings. The average Bonchev–Trinajstić information content (AvgIpc) is 2.83. The number of rotatable bonds is 4. The number of para-hydroxylation sites is 1. The summed E-state index contributed by atoms with van der Waals surface area (Å²) in [5.41, 5.74) is 0.465. The molecule has 0 aliphatic heterocycles. The third kappa shape index (κ3) is 2.51. The fourth-order valence-electron chi connectivity index (χ4n) is 1.70. The molecule has 0 saturated heterocycles. The molecule has 0 aliphatic carbocycles. The molecule has 0 aliphatic rings. The first-order valence-electron chi connectivity index (χ1n) is 5.51. The zero-order valence-corrected chi connectivity index (χ0v) is 11.0. The van der Waals surface area contributed by atoms with Gasteiger partial charge in [-0.25, -0.2) is 9.78 Å². The van der Waals surface area contributed by atoms with Crippen LogP contribution in [0.15, 0.2) is 35.8 Å². The van der Waals surface area contributed by atoms with Gasteiger partial charge in [-0.2, -0.15) is 0 Å². The van der Waals surface area contributed by atoms with Crippen molar-refractivity contribution >= 4 is 23.0 Å². The molecular formula is C13H14N2O2S. The smallest absolute Gasteiger partial charge is 0.337 e. The first-order valence-corrected chi connectivity index (χ1v) is 6.39. The molecule has 1 aromatic carbocycles. The van der Waals surface area contributed by atoms with Crippen LogP contribution in [0.5, 0.6) is 0 Å². The van der Waals surface area contributed by atoms with Crippen LogP contribution in [0.25, 0.3) is 0 Å². The Morgan fingerprint density at radius 1 is 1.39 bits per heavy atom. The van der Waals surface area contributed by atoms with Crippen molar-refractivity contribution in [3.63, 3.8) is 0 Å². The highest BCUT2D eigenvalue weighted by molar-refractivity contribution is 7.09. The molecule has 18 heavy (non-hydrogen) atoms. The number of hydrogen-bond acceptors (Lipinski definition) is 4. The molecule has 2 rings (SSSR count). The molecule has 0 saturated carbocycles. The summed E-state index contributed by atoms with van der Waals surface area (Å²) in [6.45, 7) is 3.95. The predicted octanol–water partition coefficient (Wildman–Crippen LogP) is 3.19. The van der Waals surface area contributed by atoms with E-state index in [2.05, 4.69) is 10.3 Å². The summed E-state index contributed by atoms with van der Waals surface area (Å²) < 4.78 is 0. The highest BCUT2D eigenvalue weighted by atomic mass is 32.1. The molecule has 0 unspecified atom stereocenters. The van der Waals surface area contributed by atoms with Gasteiger partial charge in [-0.05, 0) is 26.0 Å². The molecule has 2 aromatic rings. The van der Waals surface area contributed by atoms with Gasteiger partial charge in [0.15, 0.2) is 0 Å². The number of benzene rings is 1. The standard InChI is InChI=1S/C13H14N2O2S/c1-13(2,12-14-7-8-18-12)15-10-6-4-3-5-9(10)11(16)17/h3-8,15H,1-2H3,(H,16,17). The summed E-state index contributed by atoms with van der Waals surface area (Å²) in [6, 6.07) is 6.87. The van der Waals surface area contributed by atoms with Gasteiger partial charge in [0.1, 0.15) is 5.01 Å². The minimum Gasteiger partial charge on any atom is -0.478 e. The number of carboxylic acid groups (broad SMARTS) is 1. The Balaban J connectivity index is 2.32. The number of nitrogens with zero attached hydrogens (tertiary/aromatic N) is 1. The third-order valence-electron chi connectivity index (χ3n) is 2.57. The Labute approximate surface area is 109 Å². The van der Waals surface area contributed by atoms with E-state index >= 15 is 0 Å². The SMILES string of the molecule is CC(C)(Nc1ccccc1C(=O)O)c1nccs1. The molecular weight excluding hydrogens is 248 g/mol. The molecule has 1 aromatic heterocycles. The fourth-order valence-corrected chi connectivity index (χ4v) is 2.42. The number of aromatic nitrogens is 1. The van der Waals surface area contributed by atoms with Crippen LogP contribution in [-0.2, 0) is 5.54 Å². The highest BCUT2D eigenvalue weighted by Crippen LogP contribution is 2.28. The van der Waals surface area contributed by atoms with Gasteiger partial charge in [-0.3, -0.25) is 0 Å². The molecule has 4 nitrogen and oxygen atoms in total. The van der Waals surface area contributed by atoms with Crippen LogP contribution in [0.2, 0.25) is 0 Å². The quantitative estimate of drug-likeness (QED) is 0.888. The first-order chi connectivity index (χ1) is 8.50. The molecule has 0 radical (unpaired) electrons. The second kappa shape index (κ2) is 4.78. The summed E-state index contributed by atoms with van der Waals surface area (Å²) >= 11 is 1.54. The van der Waals surface area contributed by atoms with Crippen molar-refractivity contribution in [3.05, 3.63) is 46.4 Å². The molecule has 94 valence electrons. The summed E-state index contributed by atoms with van der Waals surface area (Å²) in [5, 5.41) is 15.2. The van der Waals surface area contributed by atoms with Gasteiger partial charge >= 0.3 is 5.97 Å². The number of carboxylic acids is 1. The minimum atomic E-state index is -0.937. The van der Waals surface area contributed by atoms with Crippen LogP contribution >= 0.6 is 11.3 Å². The lowest BCUT2D eigenvalue weighted by molar-refractivity contribution is 0.0698. The van der Waals surface area contributed by atoms with Crippen molar-refractivity contribution in [1.82, 2.24) is 4.98 Å². The summed E-state index contributed by atoms with van der Waals surface area (Å²) in [7, 11) is 0. The van der Waals surface area contributed by atoms with Gasteiger partial charge in [-0.1, -0.05) is 12.1 Å². The van der Waals surface area contributed by atoms with Crippen molar-refractivity contribution in [3.8, 4) is 0 Å². The van der Waals surface area contributed by atoms with Crippen LogP contribution in [0.3, 0.4) is 0 Å². The Hall–Kier alpha value is -1.88. The monoisotopic (exact) mass is 262 g/mol. The van der Waals surface area contributed by atoms with Crippen molar-refractivity contribution in [2.45, 2.75) is 19.4 Å². The molecule has 0 bridgehead atoms. The molecule has 2 N–H and O–H groups in total. The Bertz CT molecular complexity index is 550. The first kappa shape index (κ1) is 12.6. The van der Waals surface area contributed by atoms with Crippen LogP contribution in [0, 0.1) is 0 Å². The lowest BCUT2D eigenvalue weighted by Crippen LogP contribution is -2.28. The van der Waals surface area contributed by atoms with Crippen LogP contribution in [0.1, 0.15) is 29.2 Å². The van der Waals surface area contributed by atoms with E-state index in [-0.39, 0.29) is 5.56 Å². The van der Waals surface area contributed by atoms with Gasteiger partial charge in [0.25, 0.3) is 0 Å². The average molecular weight is 262 g/mol. The zero-order valence-electron chi connectivity index (χ0n) is 10.2. The number of anilines is 1. The number of carbonyl (C=O) groups is 1. The summed E-state index contributed by atoms with van der Waals surface area (Å²) in [5.74, 6) is -0.937. The zero-order chi connectivity index (χ0) is 13.2. The van der Waals surface area contributed by atoms with E-state index in [1.54, 1.807) is 35.7 Å². The number of nitrogens with one attached hydrogen (secondary N) is 1. The van der Waals surface area contributed by atoms with Crippen molar-refractivity contribution in [2.24, 2.45) is 0 Å². The van der Waals surface area contributed by atoms with E-state index in [0.29, 0.717) is 5.69 Å². The van der Waals surface area contributed by atoms with Gasteiger partial charge in [0.05, 0.1) is 11.1 Å². The highest BCUT2D eigenvalue weighted by Gasteiger charge is 2.24. The maximum Gasteiger partial charge on any atom is 0.337 e. The Kier molecular flexibility index (Phi) is 3.34. The van der Waals surface area contributed by atoms with Crippen LogP contribution in [0.4, 0.5) is 5.69 Å². The summed E-state index contributed by atoms with van der Waals surface area (Å²) in [4.78, 5) is 15.4. The molecule has 0 atom stereocenters. The molecule has 1 heterocycles. The van der Waals surface area contributed by atoms with E-state index in [1.165, 1.54) is 0 Å². The van der Waals surface area contributed by atoms with E-state index < -0.39 is 11.5 Å². The van der Waals surface area contributed by atoms with Crippen LogP contribution in [-0.4, -0.2) is 16.1 Å². The predicted molar refractivity (Wildman–Crippen MR) is 72.2 cm³/mol. The molecule has 0 amide bonds. The van der Waals surface area contributed by atoms with E-state index in [9.17, 15) is 4.79 Å².